The molecule has 1 atom stereocenters. The van der Waals surface area contributed by atoms with Gasteiger partial charge in [-0.2, -0.15) is 0 Å². The van der Waals surface area contributed by atoms with Crippen molar-refractivity contribution in [1.29, 1.82) is 0 Å². The molecular formula is C19H19FN2O. The van der Waals surface area contributed by atoms with E-state index in [0.29, 0.717) is 19.5 Å². The average Bonchev–Trinajstić information content (AvgIpc) is 3.08. The monoisotopic (exact) mass is 310 g/mol. The number of nitrogens with zero attached hydrogens (tertiary/aromatic N) is 2. The first-order valence-electron chi connectivity index (χ1n) is 8.14. The number of fused-ring (bicyclic) bond motifs is 3. The van der Waals surface area contributed by atoms with Crippen LogP contribution in [0.2, 0.25) is 0 Å². The van der Waals surface area contributed by atoms with Gasteiger partial charge in [0.2, 0.25) is 0 Å². The smallest absolute Gasteiger partial charge is 0.257 e. The van der Waals surface area contributed by atoms with Gasteiger partial charge in [-0.1, -0.05) is 36.4 Å². The number of likely N-dealkylation sites (tertiary alicyclic amines) is 1. The summed E-state index contributed by atoms with van der Waals surface area (Å²) in [6.45, 7) is 2.00. The summed E-state index contributed by atoms with van der Waals surface area (Å²) in [6, 6.07) is 16.8. The van der Waals surface area contributed by atoms with Crippen LogP contribution in [0.3, 0.4) is 0 Å². The zero-order chi connectivity index (χ0) is 15.8. The van der Waals surface area contributed by atoms with Crippen molar-refractivity contribution in [2.75, 3.05) is 13.1 Å². The Balaban J connectivity index is 1.59. The Kier molecular flexibility index (Phi) is 3.52. The number of benzene rings is 2. The maximum Gasteiger partial charge on any atom is 0.257 e. The molecule has 1 saturated heterocycles. The first kappa shape index (κ1) is 14.2. The summed E-state index contributed by atoms with van der Waals surface area (Å²) in [6.07, 6.45) is -0.113. The van der Waals surface area contributed by atoms with Gasteiger partial charge < -0.3 is 9.47 Å². The van der Waals surface area contributed by atoms with E-state index in [1.54, 1.807) is 4.90 Å². The highest BCUT2D eigenvalue weighted by atomic mass is 19.1. The number of aryl methyl sites for hydroxylation is 1. The molecule has 2 heterocycles. The van der Waals surface area contributed by atoms with Crippen molar-refractivity contribution in [3.63, 3.8) is 0 Å². The molecule has 0 spiro atoms. The lowest BCUT2D eigenvalue weighted by Gasteiger charge is -2.16. The van der Waals surface area contributed by atoms with E-state index in [1.165, 1.54) is 21.8 Å². The minimum absolute atomic E-state index is 0.341. The minimum Gasteiger partial charge on any atom is -0.340 e. The first-order chi connectivity index (χ1) is 11.3. The molecule has 0 bridgehead atoms. The first-order valence-corrected chi connectivity index (χ1v) is 8.14. The summed E-state index contributed by atoms with van der Waals surface area (Å²) in [5.41, 5.74) is 2.43. The lowest BCUT2D eigenvalue weighted by Crippen LogP contribution is -2.29. The molecule has 1 aromatic heterocycles. The number of hydrogen-bond donors (Lipinski definition) is 0. The second-order valence-corrected chi connectivity index (χ2v) is 6.12. The molecule has 0 N–H and O–H groups in total. The van der Waals surface area contributed by atoms with Crippen molar-refractivity contribution in [2.24, 2.45) is 0 Å². The van der Waals surface area contributed by atoms with Crippen LogP contribution in [0.5, 0.6) is 0 Å². The van der Waals surface area contributed by atoms with Crippen LogP contribution < -0.4 is 0 Å². The van der Waals surface area contributed by atoms with E-state index < -0.39 is 6.17 Å². The van der Waals surface area contributed by atoms with Crippen LogP contribution in [0.4, 0.5) is 4.39 Å². The van der Waals surface area contributed by atoms with E-state index in [4.69, 9.17) is 0 Å². The number of aromatic nitrogens is 1. The molecular weight excluding hydrogens is 291 g/mol. The lowest BCUT2D eigenvalue weighted by molar-refractivity contribution is -0.131. The normalized spacial score (nSPS) is 18.4. The number of rotatable bonds is 4. The molecule has 0 unspecified atom stereocenters. The van der Waals surface area contributed by atoms with Gasteiger partial charge in [0, 0.05) is 47.9 Å². The number of amides is 1. The summed E-state index contributed by atoms with van der Waals surface area (Å²) in [5, 5.41) is 2.51. The van der Waals surface area contributed by atoms with Crippen LogP contribution in [0.1, 0.15) is 12.8 Å². The molecule has 4 rings (SSSR count). The van der Waals surface area contributed by atoms with Gasteiger partial charge in [0.15, 0.2) is 6.17 Å². The van der Waals surface area contributed by atoms with Gasteiger partial charge in [-0.3, -0.25) is 4.79 Å². The zero-order valence-corrected chi connectivity index (χ0v) is 12.9. The van der Waals surface area contributed by atoms with Crippen LogP contribution in [-0.4, -0.2) is 34.6 Å². The van der Waals surface area contributed by atoms with Crippen LogP contribution in [0, 0.1) is 0 Å². The predicted octanol–water partition coefficient (Wildman–Crippen LogP) is 3.76. The molecule has 1 aliphatic heterocycles. The third kappa shape index (κ3) is 2.38. The molecule has 3 nitrogen and oxygen atoms in total. The fourth-order valence-electron chi connectivity index (χ4n) is 3.59. The van der Waals surface area contributed by atoms with Crippen molar-refractivity contribution in [3.05, 3.63) is 48.5 Å². The number of alkyl halides is 1. The van der Waals surface area contributed by atoms with Gasteiger partial charge in [0.1, 0.15) is 0 Å². The highest BCUT2D eigenvalue weighted by Gasteiger charge is 2.30. The predicted molar refractivity (Wildman–Crippen MR) is 90.2 cm³/mol. The van der Waals surface area contributed by atoms with Crippen molar-refractivity contribution in [2.45, 2.75) is 25.6 Å². The topological polar surface area (TPSA) is 25.2 Å². The Hall–Kier alpha value is -2.36. The number of hydrogen-bond acceptors (Lipinski definition) is 1. The number of halogens is 1. The molecule has 1 amide bonds. The maximum absolute atomic E-state index is 13.3. The number of carbonyl (C=O) groups is 1. The van der Waals surface area contributed by atoms with Crippen molar-refractivity contribution in [3.8, 4) is 0 Å². The van der Waals surface area contributed by atoms with E-state index in [2.05, 4.69) is 53.1 Å². The molecule has 0 radical (unpaired) electrons. The van der Waals surface area contributed by atoms with Gasteiger partial charge in [-0.15, -0.1) is 0 Å². The van der Waals surface area contributed by atoms with Gasteiger partial charge >= 0.3 is 0 Å². The molecule has 2 aromatic carbocycles. The van der Waals surface area contributed by atoms with Gasteiger partial charge in [-0.05, 0) is 18.6 Å². The third-order valence-electron chi connectivity index (χ3n) is 4.72. The molecule has 0 aliphatic carbocycles. The third-order valence-corrected chi connectivity index (χ3v) is 4.72. The van der Waals surface area contributed by atoms with Gasteiger partial charge in [-0.25, -0.2) is 4.39 Å². The Morgan fingerprint density at radius 3 is 2.13 bits per heavy atom. The van der Waals surface area contributed by atoms with Crippen molar-refractivity contribution < 1.29 is 9.18 Å². The largest absolute Gasteiger partial charge is 0.340 e. The van der Waals surface area contributed by atoms with Gasteiger partial charge in [0.25, 0.3) is 5.91 Å². The summed E-state index contributed by atoms with van der Waals surface area (Å²) >= 11 is 0. The molecule has 118 valence electrons. The lowest BCUT2D eigenvalue weighted by atomic mass is 10.2. The second kappa shape index (κ2) is 5.69. The van der Waals surface area contributed by atoms with Crippen molar-refractivity contribution in [1.82, 2.24) is 9.47 Å². The Labute approximate surface area is 134 Å². The number of para-hydroxylation sites is 2. The second-order valence-electron chi connectivity index (χ2n) is 6.12. The Morgan fingerprint density at radius 1 is 0.957 bits per heavy atom. The van der Waals surface area contributed by atoms with E-state index >= 15 is 0 Å². The minimum atomic E-state index is -1.29. The van der Waals surface area contributed by atoms with E-state index in [0.717, 1.165) is 13.0 Å². The van der Waals surface area contributed by atoms with Crippen LogP contribution in [0.15, 0.2) is 48.5 Å². The number of carbonyl (C=O) groups excluding carboxylic acids is 1. The Bertz CT molecular complexity index is 817. The highest BCUT2D eigenvalue weighted by Crippen LogP contribution is 2.29. The van der Waals surface area contributed by atoms with E-state index in [1.807, 2.05) is 0 Å². The zero-order valence-electron chi connectivity index (χ0n) is 12.9. The van der Waals surface area contributed by atoms with Crippen LogP contribution in [0.25, 0.3) is 21.8 Å². The standard InChI is InChI=1S/C19H19FN2O/c20-16-10-13-21(19(16)23)11-5-12-22-17-8-3-1-6-14(17)15-7-2-4-9-18(15)22/h1-4,6-9,16H,5,10-13H2/t16-/m1/s1. The maximum atomic E-state index is 13.3. The fourth-order valence-corrected chi connectivity index (χ4v) is 3.59. The van der Waals surface area contributed by atoms with Crippen LogP contribution >= 0.6 is 0 Å². The summed E-state index contributed by atoms with van der Waals surface area (Å²) in [5.74, 6) is -0.341. The van der Waals surface area contributed by atoms with Gasteiger partial charge in [0.05, 0.1) is 0 Å². The quantitative estimate of drug-likeness (QED) is 0.720. The molecule has 1 fully saturated rings. The highest BCUT2D eigenvalue weighted by molar-refractivity contribution is 6.07. The van der Waals surface area contributed by atoms with E-state index in [-0.39, 0.29) is 5.91 Å². The molecule has 23 heavy (non-hydrogen) atoms. The van der Waals surface area contributed by atoms with E-state index in [9.17, 15) is 9.18 Å². The average molecular weight is 310 g/mol. The fraction of sp³-hybridized carbons (Fsp3) is 0.316. The van der Waals surface area contributed by atoms with Crippen LogP contribution in [-0.2, 0) is 11.3 Å². The Morgan fingerprint density at radius 2 is 1.57 bits per heavy atom. The summed E-state index contributed by atoms with van der Waals surface area (Å²) in [7, 11) is 0. The SMILES string of the molecule is O=C1[C@H](F)CCN1CCCn1c2ccccc2c2ccccc21. The van der Waals surface area contributed by atoms with Crippen molar-refractivity contribution >= 4 is 27.7 Å². The molecule has 1 aliphatic rings. The summed E-state index contributed by atoms with van der Waals surface area (Å²) in [4.78, 5) is 13.3. The summed E-state index contributed by atoms with van der Waals surface area (Å²) < 4.78 is 15.6. The molecule has 0 saturated carbocycles. The molecule has 4 heteroatoms. The molecule has 3 aromatic rings.